The summed E-state index contributed by atoms with van der Waals surface area (Å²) < 4.78 is 0. The second kappa shape index (κ2) is 5.21. The fraction of sp³-hybridized carbons (Fsp3) is 0.444. The average molecular weight is 199 g/mol. The highest BCUT2D eigenvalue weighted by molar-refractivity contribution is 7.80. The normalized spacial score (nSPS) is 15.3. The van der Waals surface area contributed by atoms with Gasteiger partial charge in [-0.05, 0) is 24.3 Å². The Morgan fingerprint density at radius 3 is 2.69 bits per heavy atom. The first-order valence-electron chi connectivity index (χ1n) is 4.13. The van der Waals surface area contributed by atoms with Gasteiger partial charge in [0.05, 0.1) is 11.8 Å². The maximum absolute atomic E-state index is 9.57. The number of pyridine rings is 1. The Hall–Kier alpha value is -0.580. The zero-order valence-corrected chi connectivity index (χ0v) is 8.06. The van der Waals surface area contributed by atoms with Crippen LogP contribution < -0.4 is 0 Å². The van der Waals surface area contributed by atoms with Crippen LogP contribution in [-0.2, 0) is 0 Å². The largest absolute Gasteiger partial charge is 0.390 e. The van der Waals surface area contributed by atoms with Crippen molar-refractivity contribution >= 4 is 12.6 Å². The summed E-state index contributed by atoms with van der Waals surface area (Å²) in [5.41, 5.74) is 0.497. The Bertz CT molecular complexity index is 243. The summed E-state index contributed by atoms with van der Waals surface area (Å²) in [5.74, 6) is 0.547. The molecule has 0 radical (unpaired) electrons. The average Bonchev–Trinajstić information content (AvgIpc) is 2.18. The molecule has 0 saturated heterocycles. The van der Waals surface area contributed by atoms with Gasteiger partial charge in [-0.3, -0.25) is 4.98 Å². The van der Waals surface area contributed by atoms with E-state index in [2.05, 4.69) is 17.6 Å². The van der Waals surface area contributed by atoms with Crippen LogP contribution in [0, 0.1) is 0 Å². The molecule has 1 heterocycles. The number of aliphatic hydroxyl groups excluding tert-OH is 2. The second-order valence-electron chi connectivity index (χ2n) is 2.78. The predicted octanol–water partition coefficient (Wildman–Crippen LogP) is 0.796. The van der Waals surface area contributed by atoms with E-state index < -0.39 is 12.2 Å². The molecular formula is C9H13NO2S. The molecule has 4 heteroatoms. The molecule has 2 atom stereocenters. The molecule has 0 bridgehead atoms. The van der Waals surface area contributed by atoms with Gasteiger partial charge in [0.25, 0.3) is 0 Å². The minimum absolute atomic E-state index is 0.459. The Morgan fingerprint density at radius 1 is 1.38 bits per heavy atom. The second-order valence-corrected chi connectivity index (χ2v) is 3.23. The van der Waals surface area contributed by atoms with Crippen molar-refractivity contribution in [1.29, 1.82) is 0 Å². The van der Waals surface area contributed by atoms with Crippen molar-refractivity contribution in [1.82, 2.24) is 4.98 Å². The van der Waals surface area contributed by atoms with E-state index in [0.717, 1.165) is 0 Å². The molecule has 2 N–H and O–H groups in total. The van der Waals surface area contributed by atoms with E-state index >= 15 is 0 Å². The Kier molecular flexibility index (Phi) is 4.21. The van der Waals surface area contributed by atoms with E-state index in [1.54, 1.807) is 24.4 Å². The van der Waals surface area contributed by atoms with Crippen LogP contribution in [-0.4, -0.2) is 27.1 Å². The van der Waals surface area contributed by atoms with Crippen molar-refractivity contribution in [2.45, 2.75) is 18.6 Å². The number of hydrogen-bond acceptors (Lipinski definition) is 4. The molecule has 0 saturated carbocycles. The highest BCUT2D eigenvalue weighted by atomic mass is 32.1. The van der Waals surface area contributed by atoms with E-state index in [9.17, 15) is 10.2 Å². The van der Waals surface area contributed by atoms with E-state index in [1.165, 1.54) is 0 Å². The first kappa shape index (κ1) is 10.5. The molecule has 72 valence electrons. The molecule has 0 aliphatic carbocycles. The monoisotopic (exact) mass is 199 g/mol. The van der Waals surface area contributed by atoms with E-state index in [4.69, 9.17) is 0 Å². The first-order valence-corrected chi connectivity index (χ1v) is 4.77. The molecule has 13 heavy (non-hydrogen) atoms. The molecule has 0 amide bonds. The Balaban J connectivity index is 2.62. The standard InChI is InChI=1S/C9H13NO2S/c11-8(4-6-13)9(12)7-3-1-2-5-10-7/h1-3,5,8-9,11-13H,4,6H2. The van der Waals surface area contributed by atoms with E-state index in [-0.39, 0.29) is 0 Å². The van der Waals surface area contributed by atoms with Gasteiger partial charge in [-0.1, -0.05) is 6.07 Å². The maximum Gasteiger partial charge on any atom is 0.122 e. The topological polar surface area (TPSA) is 53.4 Å². The van der Waals surface area contributed by atoms with E-state index in [1.807, 2.05) is 0 Å². The molecule has 1 aromatic heterocycles. The highest BCUT2D eigenvalue weighted by Crippen LogP contribution is 2.16. The van der Waals surface area contributed by atoms with Crippen LogP contribution in [0.5, 0.6) is 0 Å². The van der Waals surface area contributed by atoms with Gasteiger partial charge in [-0.25, -0.2) is 0 Å². The van der Waals surface area contributed by atoms with Gasteiger partial charge in [0.1, 0.15) is 6.10 Å². The van der Waals surface area contributed by atoms with Crippen LogP contribution >= 0.6 is 12.6 Å². The fourth-order valence-corrected chi connectivity index (χ4v) is 1.30. The number of thiol groups is 1. The molecule has 0 fully saturated rings. The highest BCUT2D eigenvalue weighted by Gasteiger charge is 2.17. The molecule has 1 aromatic rings. The van der Waals surface area contributed by atoms with Crippen molar-refractivity contribution in [2.24, 2.45) is 0 Å². The minimum Gasteiger partial charge on any atom is -0.390 e. The van der Waals surface area contributed by atoms with Crippen LogP contribution in [0.25, 0.3) is 0 Å². The molecule has 0 aromatic carbocycles. The summed E-state index contributed by atoms with van der Waals surface area (Å²) in [4.78, 5) is 3.95. The molecule has 0 spiro atoms. The third kappa shape index (κ3) is 2.99. The summed E-state index contributed by atoms with van der Waals surface area (Å²) in [6, 6.07) is 5.23. The lowest BCUT2D eigenvalue weighted by Crippen LogP contribution is -2.19. The maximum atomic E-state index is 9.57. The molecule has 1 rings (SSSR count). The van der Waals surface area contributed by atoms with Gasteiger partial charge < -0.3 is 10.2 Å². The van der Waals surface area contributed by atoms with Crippen LogP contribution in [0.3, 0.4) is 0 Å². The van der Waals surface area contributed by atoms with Crippen molar-refractivity contribution in [3.63, 3.8) is 0 Å². The van der Waals surface area contributed by atoms with Crippen molar-refractivity contribution in [2.75, 3.05) is 5.75 Å². The van der Waals surface area contributed by atoms with Crippen LogP contribution in [0.4, 0.5) is 0 Å². The van der Waals surface area contributed by atoms with Crippen LogP contribution in [0.2, 0.25) is 0 Å². The van der Waals surface area contributed by atoms with Crippen molar-refractivity contribution in [3.05, 3.63) is 30.1 Å². The number of aromatic nitrogens is 1. The third-order valence-electron chi connectivity index (χ3n) is 1.78. The third-order valence-corrected chi connectivity index (χ3v) is 2.04. The molecule has 0 aliphatic heterocycles. The van der Waals surface area contributed by atoms with Crippen molar-refractivity contribution < 1.29 is 10.2 Å². The lowest BCUT2D eigenvalue weighted by Gasteiger charge is -2.15. The zero-order chi connectivity index (χ0) is 9.68. The lowest BCUT2D eigenvalue weighted by atomic mass is 10.1. The quantitative estimate of drug-likeness (QED) is 0.629. The van der Waals surface area contributed by atoms with Gasteiger partial charge in [0.2, 0.25) is 0 Å². The molecule has 2 unspecified atom stereocenters. The summed E-state index contributed by atoms with van der Waals surface area (Å²) in [5, 5.41) is 19.0. The fourth-order valence-electron chi connectivity index (χ4n) is 1.04. The van der Waals surface area contributed by atoms with E-state index in [0.29, 0.717) is 17.9 Å². The lowest BCUT2D eigenvalue weighted by molar-refractivity contribution is 0.0147. The van der Waals surface area contributed by atoms with Crippen molar-refractivity contribution in [3.8, 4) is 0 Å². The Labute approximate surface area is 82.9 Å². The van der Waals surface area contributed by atoms with Gasteiger partial charge in [-0.15, -0.1) is 0 Å². The summed E-state index contributed by atoms with van der Waals surface area (Å²) in [6.07, 6.45) is 0.355. The zero-order valence-electron chi connectivity index (χ0n) is 7.17. The molecule has 3 nitrogen and oxygen atoms in total. The number of hydrogen-bond donors (Lipinski definition) is 3. The predicted molar refractivity (Wildman–Crippen MR) is 53.7 cm³/mol. The molecular weight excluding hydrogens is 186 g/mol. The van der Waals surface area contributed by atoms with Gasteiger partial charge >= 0.3 is 0 Å². The van der Waals surface area contributed by atoms with Gasteiger partial charge in [0, 0.05) is 6.20 Å². The summed E-state index contributed by atoms with van der Waals surface area (Å²) in [7, 11) is 0. The first-order chi connectivity index (χ1) is 6.25. The summed E-state index contributed by atoms with van der Waals surface area (Å²) in [6.45, 7) is 0. The molecule has 0 aliphatic rings. The number of aliphatic hydroxyl groups is 2. The number of nitrogens with zero attached hydrogens (tertiary/aromatic N) is 1. The Morgan fingerprint density at radius 2 is 2.15 bits per heavy atom. The minimum atomic E-state index is -0.909. The van der Waals surface area contributed by atoms with Crippen LogP contribution in [0.15, 0.2) is 24.4 Å². The van der Waals surface area contributed by atoms with Crippen LogP contribution in [0.1, 0.15) is 18.2 Å². The van der Waals surface area contributed by atoms with Gasteiger partial charge in [0.15, 0.2) is 0 Å². The number of rotatable bonds is 4. The smallest absolute Gasteiger partial charge is 0.122 e. The summed E-state index contributed by atoms with van der Waals surface area (Å²) >= 11 is 3.98. The SMILES string of the molecule is OC(CCS)C(O)c1ccccn1. The van der Waals surface area contributed by atoms with Gasteiger partial charge in [-0.2, -0.15) is 12.6 Å².